The van der Waals surface area contributed by atoms with Crippen molar-refractivity contribution in [3.8, 4) is 0 Å². The molecule has 7 atom stereocenters. The number of benzene rings is 2. The fraction of sp³-hybridized carbons (Fsp3) is 0.500. The van der Waals surface area contributed by atoms with Gasteiger partial charge in [0.1, 0.15) is 48.7 Å². The summed E-state index contributed by atoms with van der Waals surface area (Å²) in [5.74, 6) is -9.65. The number of nitrogens with two attached hydrogens (primary N) is 6. The van der Waals surface area contributed by atoms with E-state index in [0.29, 0.717) is 17.5 Å². The van der Waals surface area contributed by atoms with E-state index in [4.69, 9.17) is 34.4 Å². The molecule has 26 nitrogen and oxygen atoms in total. The molecule has 1 saturated heterocycles. The number of hydrogen-bond donors (Lipinski definition) is 13. The lowest BCUT2D eigenvalue weighted by molar-refractivity contribution is -0.142. The van der Waals surface area contributed by atoms with Gasteiger partial charge >= 0.3 is 5.97 Å². The van der Waals surface area contributed by atoms with Crippen LogP contribution in [0.2, 0.25) is 0 Å². The second-order valence-electron chi connectivity index (χ2n) is 18.2. The zero-order chi connectivity index (χ0) is 54.9. The molecule has 0 aromatic heterocycles. The summed E-state index contributed by atoms with van der Waals surface area (Å²) in [7, 11) is 0. The molecular weight excluding hydrogens is 963 g/mol. The molecule has 1 aliphatic heterocycles. The summed E-state index contributed by atoms with van der Waals surface area (Å²) in [5, 5.41) is 24.9. The molecule has 0 spiro atoms. The summed E-state index contributed by atoms with van der Waals surface area (Å²) in [4.78, 5) is 142. The van der Waals surface area contributed by atoms with E-state index in [1.165, 1.54) is 4.90 Å². The minimum atomic E-state index is -1.50. The van der Waals surface area contributed by atoms with Crippen molar-refractivity contribution in [3.05, 3.63) is 71.8 Å². The first-order valence-corrected chi connectivity index (χ1v) is 24.1. The van der Waals surface area contributed by atoms with Gasteiger partial charge < -0.3 is 76.3 Å². The van der Waals surface area contributed by atoms with Crippen molar-refractivity contribution in [2.45, 2.75) is 127 Å². The summed E-state index contributed by atoms with van der Waals surface area (Å²) >= 11 is 0. The Labute approximate surface area is 428 Å². The highest BCUT2D eigenvalue weighted by Gasteiger charge is 2.40. The standard InChI is InChI=1S/C48H71N15O11/c1-27(2)22-33(61-43(71)34(57-38(65)26-39(66)67)23-28-12-5-3-6-13-28)42(70)62-35(24-29-14-7-4-8-15-29)44(72)59-31(17-10-20-56-48(53)54)46(74)63-21-11-18-36(63)45(73)58-30(16-9-19-55-47(51)52)41(69)60-32(40(50)68)25-37(49)64/h3-8,12-15,27,30-36H,9-11,16-26H2,1-2H3,(H2,49,64)(H2,50,68)(H,57,65)(H,58,73)(H,59,72)(H,60,69)(H,61,71)(H,62,70)(H,66,67)(H4,51,52,55)(H4,53,54,56)/t30-,31-,32-,33-,34-,35-,36-/m0/s1. The Kier molecular flexibility index (Phi) is 24.8. The lowest BCUT2D eigenvalue weighted by Crippen LogP contribution is -2.60. The highest BCUT2D eigenvalue weighted by atomic mass is 16.4. The summed E-state index contributed by atoms with van der Waals surface area (Å²) in [5.41, 5.74) is 33.9. The molecule has 74 heavy (non-hydrogen) atoms. The number of aliphatic carboxylic acids is 1. The van der Waals surface area contributed by atoms with Crippen LogP contribution in [0, 0.1) is 5.92 Å². The Morgan fingerprint density at radius 3 is 1.55 bits per heavy atom. The molecule has 1 aliphatic rings. The summed E-state index contributed by atoms with van der Waals surface area (Å²) in [6.45, 7) is 3.77. The molecule has 2 aromatic carbocycles. The smallest absolute Gasteiger partial charge is 0.312 e. The first kappa shape index (κ1) is 60.0. The number of guanidine groups is 2. The second kappa shape index (κ2) is 30.5. The van der Waals surface area contributed by atoms with Gasteiger partial charge in [-0.2, -0.15) is 0 Å². The Bertz CT molecular complexity index is 2330. The predicted octanol–water partition coefficient (Wildman–Crippen LogP) is -3.64. The molecule has 0 aliphatic carbocycles. The first-order chi connectivity index (χ1) is 35.0. The number of aliphatic imine (C=N–C) groups is 2. The van der Waals surface area contributed by atoms with Gasteiger partial charge in [-0.3, -0.25) is 57.9 Å². The van der Waals surface area contributed by atoms with Gasteiger partial charge in [-0.25, -0.2) is 0 Å². The quantitative estimate of drug-likeness (QED) is 0.0150. The summed E-state index contributed by atoms with van der Waals surface area (Å²) in [6.07, 6.45) is -0.885. The molecule has 3 rings (SSSR count). The Morgan fingerprint density at radius 1 is 0.608 bits per heavy atom. The van der Waals surface area contributed by atoms with E-state index in [0.717, 1.165) is 0 Å². The maximum absolute atomic E-state index is 14.7. The number of amides is 9. The lowest BCUT2D eigenvalue weighted by atomic mass is 9.99. The SMILES string of the molecule is CC(C)C[C@H](NC(=O)[C@H](Cc1ccccc1)NC(=O)CC(=O)O)C(=O)N[C@@H](Cc1ccccc1)C(=O)N[C@@H](CCCN=C(N)N)C(=O)N1CCC[C@H]1C(=O)N[C@@H](CCCN=C(N)N)C(=O)N[C@@H](CC(N)=O)C(N)=O. The van der Waals surface area contributed by atoms with E-state index < -0.39 is 114 Å². The van der Waals surface area contributed by atoms with Gasteiger partial charge in [-0.05, 0) is 62.0 Å². The molecule has 1 fully saturated rings. The highest BCUT2D eigenvalue weighted by Crippen LogP contribution is 2.21. The van der Waals surface area contributed by atoms with Gasteiger partial charge in [0.2, 0.25) is 53.2 Å². The van der Waals surface area contributed by atoms with Crippen LogP contribution >= 0.6 is 0 Å². The summed E-state index contributed by atoms with van der Waals surface area (Å²) < 4.78 is 0. The molecule has 1 heterocycles. The molecule has 19 N–H and O–H groups in total. The molecule has 9 amide bonds. The largest absolute Gasteiger partial charge is 0.481 e. The average Bonchev–Trinajstić information content (AvgIpc) is 3.82. The van der Waals surface area contributed by atoms with E-state index >= 15 is 0 Å². The van der Waals surface area contributed by atoms with Crippen molar-refractivity contribution in [1.29, 1.82) is 0 Å². The van der Waals surface area contributed by atoms with Crippen molar-refractivity contribution in [2.24, 2.45) is 50.3 Å². The van der Waals surface area contributed by atoms with Crippen molar-refractivity contribution < 1.29 is 53.1 Å². The van der Waals surface area contributed by atoms with Crippen molar-refractivity contribution >= 4 is 71.1 Å². The van der Waals surface area contributed by atoms with Gasteiger partial charge in [0.25, 0.3) is 0 Å². The maximum Gasteiger partial charge on any atom is 0.312 e. The normalized spacial score (nSPS) is 15.3. The number of primary amides is 2. The van der Waals surface area contributed by atoms with Crippen LogP contribution < -0.4 is 66.3 Å². The van der Waals surface area contributed by atoms with Crippen LogP contribution in [-0.4, -0.2) is 143 Å². The molecule has 26 heteroatoms. The number of hydrogen-bond acceptors (Lipinski definition) is 12. The fourth-order valence-electron chi connectivity index (χ4n) is 8.02. The predicted molar refractivity (Wildman–Crippen MR) is 271 cm³/mol. The average molecular weight is 1030 g/mol. The molecule has 0 bridgehead atoms. The van der Waals surface area contributed by atoms with Crippen LogP contribution in [0.25, 0.3) is 0 Å². The van der Waals surface area contributed by atoms with Gasteiger partial charge in [-0.1, -0.05) is 74.5 Å². The zero-order valence-corrected chi connectivity index (χ0v) is 41.6. The van der Waals surface area contributed by atoms with Crippen molar-refractivity contribution in [1.82, 2.24) is 36.8 Å². The number of rotatable bonds is 31. The van der Waals surface area contributed by atoms with Crippen molar-refractivity contribution in [2.75, 3.05) is 19.6 Å². The van der Waals surface area contributed by atoms with Crippen LogP contribution in [-0.2, 0) is 60.8 Å². The van der Waals surface area contributed by atoms with Gasteiger partial charge in [-0.15, -0.1) is 0 Å². The number of nitrogens with zero attached hydrogens (tertiary/aromatic N) is 3. The number of carboxylic acid groups (broad SMARTS) is 1. The van der Waals surface area contributed by atoms with Crippen molar-refractivity contribution in [3.63, 3.8) is 0 Å². The van der Waals surface area contributed by atoms with E-state index in [1.54, 1.807) is 74.5 Å². The van der Waals surface area contributed by atoms with E-state index in [1.807, 2.05) is 0 Å². The van der Waals surface area contributed by atoms with Crippen LogP contribution in [0.1, 0.15) is 82.8 Å². The zero-order valence-electron chi connectivity index (χ0n) is 41.6. The Balaban J connectivity index is 1.95. The first-order valence-electron chi connectivity index (χ1n) is 24.1. The molecule has 2 aromatic rings. The number of carbonyl (C=O) groups is 10. The molecule has 0 saturated carbocycles. The second-order valence-corrected chi connectivity index (χ2v) is 18.2. The molecule has 404 valence electrons. The topological polar surface area (TPSA) is 447 Å². The van der Waals surface area contributed by atoms with Crippen LogP contribution in [0.15, 0.2) is 70.6 Å². The van der Waals surface area contributed by atoms with Gasteiger partial charge in [0.15, 0.2) is 11.9 Å². The number of likely N-dealkylation sites (tertiary alicyclic amines) is 1. The fourth-order valence-corrected chi connectivity index (χ4v) is 8.02. The van der Waals surface area contributed by atoms with Gasteiger partial charge in [0.05, 0.1) is 6.42 Å². The third-order valence-corrected chi connectivity index (χ3v) is 11.5. The van der Waals surface area contributed by atoms with Gasteiger partial charge in [0, 0.05) is 32.5 Å². The molecular formula is C48H71N15O11. The summed E-state index contributed by atoms with van der Waals surface area (Å²) in [6, 6.07) is 8.01. The van der Waals surface area contributed by atoms with Crippen LogP contribution in [0.4, 0.5) is 0 Å². The number of carboxylic acids is 1. The Morgan fingerprint density at radius 2 is 1.07 bits per heavy atom. The third kappa shape index (κ3) is 21.6. The van der Waals surface area contributed by atoms with E-state index in [2.05, 4.69) is 41.9 Å². The highest BCUT2D eigenvalue weighted by molar-refractivity contribution is 5.99. The molecule has 0 radical (unpaired) electrons. The monoisotopic (exact) mass is 1030 g/mol. The minimum Gasteiger partial charge on any atom is -0.481 e. The van der Waals surface area contributed by atoms with E-state index in [9.17, 15) is 53.1 Å². The Hall–Kier alpha value is -8.32. The maximum atomic E-state index is 14.7. The third-order valence-electron chi connectivity index (χ3n) is 11.5. The molecule has 0 unspecified atom stereocenters. The minimum absolute atomic E-state index is 0.0440. The van der Waals surface area contributed by atoms with Crippen LogP contribution in [0.5, 0.6) is 0 Å². The number of nitrogens with one attached hydrogen (secondary N) is 6. The van der Waals surface area contributed by atoms with E-state index in [-0.39, 0.29) is 88.8 Å². The van der Waals surface area contributed by atoms with Crippen LogP contribution in [0.3, 0.4) is 0 Å². The lowest BCUT2D eigenvalue weighted by Gasteiger charge is -2.31. The number of carbonyl (C=O) groups excluding carboxylic acids is 9.